The highest BCUT2D eigenvalue weighted by atomic mass is 16.5. The van der Waals surface area contributed by atoms with Crippen LogP contribution in [0, 0.1) is 23.2 Å². The van der Waals surface area contributed by atoms with Crippen molar-refractivity contribution in [1.82, 2.24) is 10.2 Å². The van der Waals surface area contributed by atoms with E-state index in [2.05, 4.69) is 5.32 Å². The molecule has 0 spiro atoms. The van der Waals surface area contributed by atoms with Crippen molar-refractivity contribution in [1.29, 1.82) is 0 Å². The molecule has 1 aromatic rings. The average molecular weight is 427 g/mol. The lowest BCUT2D eigenvalue weighted by Crippen LogP contribution is -2.57. The number of methoxy groups -OCH3 is 2. The van der Waals surface area contributed by atoms with Crippen molar-refractivity contribution in [2.75, 3.05) is 20.8 Å². The van der Waals surface area contributed by atoms with Crippen molar-refractivity contribution in [3.63, 3.8) is 0 Å². The monoisotopic (exact) mass is 426 g/mol. The number of rotatable bonds is 6. The number of carbonyl (C=O) groups excluding carboxylic acids is 2. The van der Waals surface area contributed by atoms with Crippen LogP contribution >= 0.6 is 0 Å². The van der Waals surface area contributed by atoms with Gasteiger partial charge in [0.1, 0.15) is 6.04 Å². The molecule has 4 bridgehead atoms. The van der Waals surface area contributed by atoms with Gasteiger partial charge in [0.15, 0.2) is 11.5 Å². The van der Waals surface area contributed by atoms with Crippen LogP contribution in [-0.2, 0) is 16.1 Å². The molecule has 6 rings (SSSR count). The fourth-order valence-electron chi connectivity index (χ4n) is 7.26. The van der Waals surface area contributed by atoms with Gasteiger partial charge in [0.2, 0.25) is 11.8 Å². The van der Waals surface area contributed by atoms with Crippen molar-refractivity contribution in [2.45, 2.75) is 64.0 Å². The summed E-state index contributed by atoms with van der Waals surface area (Å²) in [5.74, 6) is 3.75. The standard InChI is InChI=1S/C25H34N2O4/c1-30-21-6-5-16(11-22(21)31-2)15-26-23(28)20-4-3-7-27(20)24(29)25-12-17-8-18(13-25)10-19(9-17)14-25/h5-6,11,17-20H,3-4,7-10,12-15H2,1-2H3,(H,26,28)/t17?,18?,19?,20-,25?/m1/s1. The molecule has 0 unspecified atom stereocenters. The first-order chi connectivity index (χ1) is 15.0. The molecular formula is C25H34N2O4. The van der Waals surface area contributed by atoms with Gasteiger partial charge in [-0.15, -0.1) is 0 Å². The second-order valence-electron chi connectivity index (χ2n) is 10.3. The Hall–Kier alpha value is -2.24. The summed E-state index contributed by atoms with van der Waals surface area (Å²) in [6.07, 6.45) is 8.78. The second kappa shape index (κ2) is 8.03. The summed E-state index contributed by atoms with van der Waals surface area (Å²) in [7, 11) is 3.21. The van der Waals surface area contributed by atoms with E-state index in [4.69, 9.17) is 9.47 Å². The van der Waals surface area contributed by atoms with E-state index < -0.39 is 0 Å². The predicted molar refractivity (Wildman–Crippen MR) is 117 cm³/mol. The molecule has 5 fully saturated rings. The van der Waals surface area contributed by atoms with E-state index in [0.29, 0.717) is 18.0 Å². The quantitative estimate of drug-likeness (QED) is 0.756. The van der Waals surface area contributed by atoms with Crippen LogP contribution in [0.15, 0.2) is 18.2 Å². The third-order valence-electron chi connectivity index (χ3n) is 8.22. The zero-order valence-electron chi connectivity index (χ0n) is 18.7. The van der Waals surface area contributed by atoms with E-state index in [0.717, 1.165) is 62.0 Å². The Bertz CT molecular complexity index is 832. The minimum atomic E-state index is -0.333. The maximum absolute atomic E-state index is 13.8. The van der Waals surface area contributed by atoms with Crippen LogP contribution in [-0.4, -0.2) is 43.5 Å². The predicted octanol–water partition coefficient (Wildman–Crippen LogP) is 3.53. The molecule has 1 atom stereocenters. The van der Waals surface area contributed by atoms with Gasteiger partial charge in [-0.05, 0) is 86.8 Å². The van der Waals surface area contributed by atoms with Gasteiger partial charge in [0, 0.05) is 13.1 Å². The zero-order valence-corrected chi connectivity index (χ0v) is 18.7. The van der Waals surface area contributed by atoms with Crippen molar-refractivity contribution >= 4 is 11.8 Å². The maximum Gasteiger partial charge on any atom is 0.243 e. The third kappa shape index (κ3) is 3.68. The van der Waals surface area contributed by atoms with Gasteiger partial charge < -0.3 is 19.7 Å². The molecule has 31 heavy (non-hydrogen) atoms. The molecule has 0 radical (unpaired) electrons. The van der Waals surface area contributed by atoms with E-state index in [1.165, 1.54) is 19.3 Å². The molecule has 1 aromatic carbocycles. The Morgan fingerprint density at radius 2 is 1.68 bits per heavy atom. The van der Waals surface area contributed by atoms with E-state index >= 15 is 0 Å². The Kier molecular flexibility index (Phi) is 5.35. The minimum Gasteiger partial charge on any atom is -0.493 e. The molecule has 5 aliphatic rings. The molecule has 1 saturated heterocycles. The smallest absolute Gasteiger partial charge is 0.243 e. The molecule has 6 nitrogen and oxygen atoms in total. The number of benzene rings is 1. The van der Waals surface area contributed by atoms with Gasteiger partial charge in [-0.25, -0.2) is 0 Å². The second-order valence-corrected chi connectivity index (χ2v) is 10.3. The molecule has 1 heterocycles. The number of ether oxygens (including phenoxy) is 2. The highest BCUT2D eigenvalue weighted by Crippen LogP contribution is 2.60. The lowest BCUT2D eigenvalue weighted by atomic mass is 9.49. The Morgan fingerprint density at radius 1 is 1.03 bits per heavy atom. The Morgan fingerprint density at radius 3 is 2.29 bits per heavy atom. The van der Waals surface area contributed by atoms with Crippen molar-refractivity contribution in [3.05, 3.63) is 23.8 Å². The lowest BCUT2D eigenvalue weighted by Gasteiger charge is -2.56. The molecule has 1 aliphatic heterocycles. The third-order valence-corrected chi connectivity index (χ3v) is 8.22. The van der Waals surface area contributed by atoms with E-state index in [1.807, 2.05) is 23.1 Å². The van der Waals surface area contributed by atoms with Gasteiger partial charge >= 0.3 is 0 Å². The molecule has 4 aliphatic carbocycles. The van der Waals surface area contributed by atoms with Gasteiger partial charge in [-0.1, -0.05) is 6.07 Å². The van der Waals surface area contributed by atoms with Crippen LogP contribution in [0.3, 0.4) is 0 Å². The SMILES string of the molecule is COc1ccc(CNC(=O)[C@H]2CCCN2C(=O)C23CC4CC(CC(C4)C2)C3)cc1OC. The van der Waals surface area contributed by atoms with Crippen molar-refractivity contribution < 1.29 is 19.1 Å². The van der Waals surface area contributed by atoms with Crippen LogP contribution in [0.5, 0.6) is 11.5 Å². The summed E-state index contributed by atoms with van der Waals surface area (Å²) >= 11 is 0. The highest BCUT2D eigenvalue weighted by molar-refractivity contribution is 5.91. The van der Waals surface area contributed by atoms with Crippen LogP contribution in [0.2, 0.25) is 0 Å². The minimum absolute atomic E-state index is 0.0367. The zero-order chi connectivity index (χ0) is 21.6. The summed E-state index contributed by atoms with van der Waals surface area (Å²) < 4.78 is 10.6. The number of carbonyl (C=O) groups is 2. The first-order valence-corrected chi connectivity index (χ1v) is 11.8. The number of hydrogen-bond acceptors (Lipinski definition) is 4. The van der Waals surface area contributed by atoms with Gasteiger partial charge in [0.25, 0.3) is 0 Å². The van der Waals surface area contributed by atoms with Crippen molar-refractivity contribution in [3.8, 4) is 11.5 Å². The summed E-state index contributed by atoms with van der Waals surface area (Å²) in [4.78, 5) is 28.8. The first-order valence-electron chi connectivity index (χ1n) is 11.8. The molecule has 0 aromatic heterocycles. The molecule has 6 heteroatoms. The summed E-state index contributed by atoms with van der Waals surface area (Å²) in [5.41, 5.74) is 0.768. The summed E-state index contributed by atoms with van der Waals surface area (Å²) in [6, 6.07) is 5.32. The first kappa shape index (κ1) is 20.7. The van der Waals surface area contributed by atoms with E-state index in [-0.39, 0.29) is 23.3 Å². The lowest BCUT2D eigenvalue weighted by molar-refractivity contribution is -0.160. The molecule has 168 valence electrons. The van der Waals surface area contributed by atoms with E-state index in [1.54, 1.807) is 14.2 Å². The number of nitrogens with one attached hydrogen (secondary N) is 1. The summed E-state index contributed by atoms with van der Waals surface area (Å²) in [6.45, 7) is 1.13. The molecule has 2 amide bonds. The van der Waals surface area contributed by atoms with Gasteiger partial charge in [0.05, 0.1) is 19.6 Å². The Labute approximate surface area is 184 Å². The fraction of sp³-hybridized carbons (Fsp3) is 0.680. The maximum atomic E-state index is 13.8. The van der Waals surface area contributed by atoms with E-state index in [9.17, 15) is 9.59 Å². The van der Waals surface area contributed by atoms with Crippen LogP contribution in [0.25, 0.3) is 0 Å². The summed E-state index contributed by atoms with van der Waals surface area (Å²) in [5, 5.41) is 3.06. The largest absolute Gasteiger partial charge is 0.493 e. The molecule has 4 saturated carbocycles. The number of likely N-dealkylation sites (tertiary alicyclic amines) is 1. The number of nitrogens with zero attached hydrogens (tertiary/aromatic N) is 1. The van der Waals surface area contributed by atoms with Crippen molar-refractivity contribution in [2.24, 2.45) is 23.2 Å². The molecule has 1 N–H and O–H groups in total. The Balaban J connectivity index is 1.25. The average Bonchev–Trinajstić information content (AvgIpc) is 3.25. The fourth-order valence-corrected chi connectivity index (χ4v) is 7.26. The van der Waals surface area contributed by atoms with Crippen LogP contribution < -0.4 is 14.8 Å². The topological polar surface area (TPSA) is 67.9 Å². The number of hydrogen-bond donors (Lipinski definition) is 1. The molecular weight excluding hydrogens is 392 g/mol. The van der Waals surface area contributed by atoms with Gasteiger partial charge in [-0.2, -0.15) is 0 Å². The number of amides is 2. The highest BCUT2D eigenvalue weighted by Gasteiger charge is 2.56. The normalized spacial score (nSPS) is 33.4. The van der Waals surface area contributed by atoms with Gasteiger partial charge in [-0.3, -0.25) is 9.59 Å². The van der Waals surface area contributed by atoms with Crippen LogP contribution in [0.1, 0.15) is 56.9 Å². The van der Waals surface area contributed by atoms with Crippen LogP contribution in [0.4, 0.5) is 0 Å².